The summed E-state index contributed by atoms with van der Waals surface area (Å²) >= 11 is 0. The minimum Gasteiger partial charge on any atom is -0.382 e. The van der Waals surface area contributed by atoms with Crippen LogP contribution in [0.4, 0.5) is 0 Å². The first-order chi connectivity index (χ1) is 6.59. The molecular weight excluding hydrogens is 182 g/mol. The van der Waals surface area contributed by atoms with Crippen LogP contribution in [0.25, 0.3) is 0 Å². The third-order valence-electron chi connectivity index (χ3n) is 1.70. The number of hydrogen-bond donors (Lipinski definition) is 1. The number of Topliss-reactive ketones (excluding diaryl/α,β-unsaturated/α-hetero) is 1. The maximum absolute atomic E-state index is 11.1. The van der Waals surface area contributed by atoms with Crippen molar-refractivity contribution >= 4 is 11.7 Å². The fourth-order valence-corrected chi connectivity index (χ4v) is 0.870. The molecule has 0 aliphatic carbocycles. The highest BCUT2D eigenvalue weighted by atomic mass is 16.5. The largest absolute Gasteiger partial charge is 0.382 e. The summed E-state index contributed by atoms with van der Waals surface area (Å²) in [5, 5.41) is 2.55. The third-order valence-corrected chi connectivity index (χ3v) is 1.70. The summed E-state index contributed by atoms with van der Waals surface area (Å²) in [5.41, 5.74) is 0. The van der Waals surface area contributed by atoms with Crippen LogP contribution in [0.15, 0.2) is 0 Å². The quantitative estimate of drug-likeness (QED) is 0.488. The van der Waals surface area contributed by atoms with Crippen LogP contribution >= 0.6 is 0 Å². The first-order valence-electron chi connectivity index (χ1n) is 4.99. The molecule has 0 aliphatic rings. The van der Waals surface area contributed by atoms with E-state index in [-0.39, 0.29) is 11.7 Å². The van der Waals surface area contributed by atoms with Crippen LogP contribution < -0.4 is 5.32 Å². The predicted octanol–water partition coefficient (Wildman–Crippen LogP) is 0.754. The second kappa shape index (κ2) is 7.50. The van der Waals surface area contributed by atoms with Gasteiger partial charge in [-0.3, -0.25) is 9.59 Å². The molecule has 0 saturated carbocycles. The number of amides is 1. The number of ether oxygens (including phenoxy) is 1. The summed E-state index contributed by atoms with van der Waals surface area (Å²) in [5.74, 6) is -1.08. The van der Waals surface area contributed by atoms with Crippen LogP contribution in [0.2, 0.25) is 0 Å². The molecule has 0 aromatic heterocycles. The molecule has 4 heteroatoms. The highest BCUT2D eigenvalue weighted by Gasteiger charge is 2.16. The lowest BCUT2D eigenvalue weighted by Crippen LogP contribution is -2.34. The topological polar surface area (TPSA) is 55.4 Å². The first kappa shape index (κ1) is 13.1. The van der Waals surface area contributed by atoms with E-state index in [4.69, 9.17) is 4.74 Å². The first-order valence-corrected chi connectivity index (χ1v) is 4.99. The van der Waals surface area contributed by atoms with Crippen LogP contribution in [-0.2, 0) is 14.3 Å². The molecule has 0 fully saturated rings. The molecule has 0 bridgehead atoms. The van der Waals surface area contributed by atoms with Crippen molar-refractivity contribution < 1.29 is 14.3 Å². The van der Waals surface area contributed by atoms with Gasteiger partial charge in [0.05, 0.1) is 0 Å². The van der Waals surface area contributed by atoms with Crippen molar-refractivity contribution in [3.05, 3.63) is 0 Å². The van der Waals surface area contributed by atoms with E-state index in [2.05, 4.69) is 5.32 Å². The van der Waals surface area contributed by atoms with Crippen LogP contribution in [-0.4, -0.2) is 31.4 Å². The minimum atomic E-state index is -0.489. The summed E-state index contributed by atoms with van der Waals surface area (Å²) in [6.07, 6.45) is 0.741. The van der Waals surface area contributed by atoms with E-state index in [9.17, 15) is 9.59 Å². The van der Waals surface area contributed by atoms with E-state index in [1.807, 2.05) is 6.92 Å². The van der Waals surface area contributed by atoms with Crippen molar-refractivity contribution in [1.82, 2.24) is 5.32 Å². The number of nitrogens with one attached hydrogen (secondary N) is 1. The zero-order chi connectivity index (χ0) is 11.0. The van der Waals surface area contributed by atoms with Crippen LogP contribution in [0, 0.1) is 5.92 Å². The molecule has 0 heterocycles. The summed E-state index contributed by atoms with van der Waals surface area (Å²) in [7, 11) is 0. The van der Waals surface area contributed by atoms with Gasteiger partial charge in [-0.1, -0.05) is 13.8 Å². The smallest absolute Gasteiger partial charge is 0.287 e. The lowest BCUT2D eigenvalue weighted by atomic mass is 10.1. The molecule has 0 aliphatic heterocycles. The second-order valence-corrected chi connectivity index (χ2v) is 3.33. The maximum Gasteiger partial charge on any atom is 0.287 e. The van der Waals surface area contributed by atoms with Crippen LogP contribution in [0.1, 0.15) is 27.2 Å². The molecule has 0 rings (SSSR count). The van der Waals surface area contributed by atoms with E-state index >= 15 is 0 Å². The number of carbonyl (C=O) groups is 2. The number of ketones is 1. The fraction of sp³-hybridized carbons (Fsp3) is 0.800. The Morgan fingerprint density at radius 2 is 2.00 bits per heavy atom. The predicted molar refractivity (Wildman–Crippen MR) is 54.0 cm³/mol. The van der Waals surface area contributed by atoms with Crippen molar-refractivity contribution in [3.63, 3.8) is 0 Å². The molecule has 82 valence electrons. The minimum absolute atomic E-state index is 0.234. The second-order valence-electron chi connectivity index (χ2n) is 3.33. The fourth-order valence-electron chi connectivity index (χ4n) is 0.870. The van der Waals surface area contributed by atoms with E-state index in [0.717, 1.165) is 6.42 Å². The molecule has 0 aromatic carbocycles. The Labute approximate surface area is 85.0 Å². The Morgan fingerprint density at radius 1 is 1.36 bits per heavy atom. The van der Waals surface area contributed by atoms with Crippen molar-refractivity contribution in [1.29, 1.82) is 0 Å². The van der Waals surface area contributed by atoms with E-state index in [0.29, 0.717) is 19.8 Å². The number of carbonyl (C=O) groups excluding carboxylic acids is 2. The summed E-state index contributed by atoms with van der Waals surface area (Å²) in [6, 6.07) is 0. The highest BCUT2D eigenvalue weighted by Crippen LogP contribution is 1.93. The van der Waals surface area contributed by atoms with E-state index in [1.165, 1.54) is 0 Å². The van der Waals surface area contributed by atoms with Gasteiger partial charge in [0.25, 0.3) is 5.91 Å². The van der Waals surface area contributed by atoms with Gasteiger partial charge in [-0.05, 0) is 13.3 Å². The summed E-state index contributed by atoms with van der Waals surface area (Å²) < 4.78 is 5.09. The van der Waals surface area contributed by atoms with Gasteiger partial charge < -0.3 is 10.1 Å². The lowest BCUT2D eigenvalue weighted by Gasteiger charge is -2.05. The SMILES string of the molecule is CCOCCCNC(=O)C(=O)C(C)C. The molecule has 0 unspecified atom stereocenters. The van der Waals surface area contributed by atoms with Gasteiger partial charge in [0.1, 0.15) is 0 Å². The van der Waals surface area contributed by atoms with Crippen molar-refractivity contribution in [2.45, 2.75) is 27.2 Å². The normalized spacial score (nSPS) is 10.3. The van der Waals surface area contributed by atoms with Gasteiger partial charge in [0.15, 0.2) is 0 Å². The van der Waals surface area contributed by atoms with Gasteiger partial charge in [-0.25, -0.2) is 0 Å². The Bertz CT molecular complexity index is 190. The molecule has 0 aromatic rings. The Morgan fingerprint density at radius 3 is 2.50 bits per heavy atom. The Kier molecular flexibility index (Phi) is 7.02. The maximum atomic E-state index is 11.1. The average molecular weight is 201 g/mol. The molecular formula is C10H19NO3. The van der Waals surface area contributed by atoms with Gasteiger partial charge in [0, 0.05) is 25.7 Å². The zero-order valence-corrected chi connectivity index (χ0v) is 9.13. The number of rotatable bonds is 7. The third kappa shape index (κ3) is 5.70. The molecule has 0 saturated heterocycles. The van der Waals surface area contributed by atoms with Crippen molar-refractivity contribution in [3.8, 4) is 0 Å². The standard InChI is InChI=1S/C10H19NO3/c1-4-14-7-5-6-11-10(13)9(12)8(2)3/h8H,4-7H2,1-3H3,(H,11,13). The molecule has 1 amide bonds. The van der Waals surface area contributed by atoms with Crippen molar-refractivity contribution in [2.75, 3.05) is 19.8 Å². The summed E-state index contributed by atoms with van der Waals surface area (Å²) in [4.78, 5) is 22.2. The lowest BCUT2D eigenvalue weighted by molar-refractivity contribution is -0.139. The average Bonchev–Trinajstić information content (AvgIpc) is 2.16. The number of hydrogen-bond acceptors (Lipinski definition) is 3. The van der Waals surface area contributed by atoms with Gasteiger partial charge in [-0.15, -0.1) is 0 Å². The summed E-state index contributed by atoms with van der Waals surface area (Å²) in [6.45, 7) is 7.13. The van der Waals surface area contributed by atoms with Gasteiger partial charge in [0.2, 0.25) is 5.78 Å². The van der Waals surface area contributed by atoms with Crippen LogP contribution in [0.5, 0.6) is 0 Å². The van der Waals surface area contributed by atoms with Crippen LogP contribution in [0.3, 0.4) is 0 Å². The molecule has 1 N–H and O–H groups in total. The molecule has 0 atom stereocenters. The molecule has 4 nitrogen and oxygen atoms in total. The molecule has 0 spiro atoms. The monoisotopic (exact) mass is 201 g/mol. The van der Waals surface area contributed by atoms with Gasteiger partial charge in [-0.2, -0.15) is 0 Å². The van der Waals surface area contributed by atoms with E-state index in [1.54, 1.807) is 13.8 Å². The van der Waals surface area contributed by atoms with Gasteiger partial charge >= 0.3 is 0 Å². The zero-order valence-electron chi connectivity index (χ0n) is 9.13. The molecule has 14 heavy (non-hydrogen) atoms. The highest BCUT2D eigenvalue weighted by molar-refractivity contribution is 6.36. The van der Waals surface area contributed by atoms with Crippen molar-refractivity contribution in [2.24, 2.45) is 5.92 Å². The Hall–Kier alpha value is -0.900. The molecule has 0 radical (unpaired) electrons. The van der Waals surface area contributed by atoms with E-state index < -0.39 is 5.91 Å². The Balaban J connectivity index is 3.49.